The lowest BCUT2D eigenvalue weighted by Gasteiger charge is -2.18. The van der Waals surface area contributed by atoms with Crippen LogP contribution in [0.15, 0.2) is 36.7 Å². The van der Waals surface area contributed by atoms with E-state index in [2.05, 4.69) is 59.6 Å². The summed E-state index contributed by atoms with van der Waals surface area (Å²) in [6.07, 6.45) is 4.90. The molecule has 0 aliphatic heterocycles. The van der Waals surface area contributed by atoms with E-state index in [1.54, 1.807) is 6.33 Å². The van der Waals surface area contributed by atoms with Crippen LogP contribution in [0, 0.1) is 0 Å². The molecule has 4 nitrogen and oxygen atoms in total. The van der Waals surface area contributed by atoms with Gasteiger partial charge >= 0.3 is 0 Å². The van der Waals surface area contributed by atoms with Crippen molar-refractivity contribution in [3.63, 3.8) is 0 Å². The average molecular weight is 286 g/mol. The van der Waals surface area contributed by atoms with Crippen LogP contribution in [0.5, 0.6) is 0 Å². The van der Waals surface area contributed by atoms with Gasteiger partial charge in [-0.1, -0.05) is 37.3 Å². The van der Waals surface area contributed by atoms with Crippen LogP contribution < -0.4 is 5.32 Å². The smallest absolute Gasteiger partial charge is 0.138 e. The molecule has 1 aromatic heterocycles. The SMILES string of the molecule is CCCNCC(CCc1ncnn1CC)c1ccccc1. The Labute approximate surface area is 127 Å². The van der Waals surface area contributed by atoms with Crippen molar-refractivity contribution in [1.29, 1.82) is 0 Å². The van der Waals surface area contributed by atoms with Crippen LogP contribution in [0.25, 0.3) is 0 Å². The van der Waals surface area contributed by atoms with Crippen molar-refractivity contribution in [2.75, 3.05) is 13.1 Å². The van der Waals surface area contributed by atoms with Gasteiger partial charge in [0.2, 0.25) is 0 Å². The third-order valence-corrected chi connectivity index (χ3v) is 3.80. The monoisotopic (exact) mass is 286 g/mol. The highest BCUT2D eigenvalue weighted by Crippen LogP contribution is 2.20. The summed E-state index contributed by atoms with van der Waals surface area (Å²) in [6.45, 7) is 7.30. The van der Waals surface area contributed by atoms with Gasteiger partial charge in [0.05, 0.1) is 0 Å². The lowest BCUT2D eigenvalue weighted by Crippen LogP contribution is -2.23. The highest BCUT2D eigenvalue weighted by atomic mass is 15.3. The number of aryl methyl sites for hydroxylation is 2. The minimum Gasteiger partial charge on any atom is -0.316 e. The van der Waals surface area contributed by atoms with E-state index < -0.39 is 0 Å². The Hall–Kier alpha value is -1.68. The van der Waals surface area contributed by atoms with Crippen LogP contribution in [0.1, 0.15) is 44.0 Å². The topological polar surface area (TPSA) is 42.7 Å². The lowest BCUT2D eigenvalue weighted by atomic mass is 9.94. The van der Waals surface area contributed by atoms with Gasteiger partial charge in [-0.25, -0.2) is 4.98 Å². The molecular weight excluding hydrogens is 260 g/mol. The number of rotatable bonds is 9. The Morgan fingerprint density at radius 2 is 2.00 bits per heavy atom. The summed E-state index contributed by atoms with van der Waals surface area (Å²) in [5.74, 6) is 1.62. The number of benzene rings is 1. The summed E-state index contributed by atoms with van der Waals surface area (Å²) in [4.78, 5) is 4.38. The molecule has 0 fully saturated rings. The number of hydrogen-bond acceptors (Lipinski definition) is 3. The zero-order valence-electron chi connectivity index (χ0n) is 13.1. The molecule has 114 valence electrons. The summed E-state index contributed by atoms with van der Waals surface area (Å²) >= 11 is 0. The Bertz CT molecular complexity index is 507. The molecule has 1 atom stereocenters. The fraction of sp³-hybridized carbons (Fsp3) is 0.529. The van der Waals surface area contributed by atoms with Crippen molar-refractivity contribution in [2.24, 2.45) is 0 Å². The van der Waals surface area contributed by atoms with Crippen LogP contribution in [0.4, 0.5) is 0 Å². The molecule has 2 rings (SSSR count). The second-order valence-electron chi connectivity index (χ2n) is 5.34. The van der Waals surface area contributed by atoms with Gasteiger partial charge in [-0.2, -0.15) is 5.10 Å². The Morgan fingerprint density at radius 1 is 1.19 bits per heavy atom. The van der Waals surface area contributed by atoms with E-state index in [0.717, 1.165) is 38.3 Å². The molecule has 0 radical (unpaired) electrons. The quantitative estimate of drug-likeness (QED) is 0.721. The van der Waals surface area contributed by atoms with Crippen molar-refractivity contribution in [2.45, 2.75) is 45.6 Å². The van der Waals surface area contributed by atoms with Crippen LogP contribution in [0.2, 0.25) is 0 Å². The zero-order chi connectivity index (χ0) is 14.9. The van der Waals surface area contributed by atoms with Crippen molar-refractivity contribution in [1.82, 2.24) is 20.1 Å². The van der Waals surface area contributed by atoms with E-state index in [-0.39, 0.29) is 0 Å². The molecule has 2 aromatic rings. The van der Waals surface area contributed by atoms with E-state index in [1.165, 1.54) is 12.0 Å². The predicted molar refractivity (Wildman–Crippen MR) is 86.4 cm³/mol. The second kappa shape index (κ2) is 8.57. The molecule has 1 heterocycles. The highest BCUT2D eigenvalue weighted by molar-refractivity contribution is 5.20. The van der Waals surface area contributed by atoms with Gasteiger partial charge in [0.25, 0.3) is 0 Å². The largest absolute Gasteiger partial charge is 0.316 e. The molecule has 1 unspecified atom stereocenters. The number of nitrogens with zero attached hydrogens (tertiary/aromatic N) is 3. The first kappa shape index (κ1) is 15.7. The zero-order valence-corrected chi connectivity index (χ0v) is 13.1. The van der Waals surface area contributed by atoms with Gasteiger partial charge in [0.15, 0.2) is 0 Å². The molecule has 0 bridgehead atoms. The minimum atomic E-state index is 0.528. The average Bonchev–Trinajstić information content (AvgIpc) is 2.99. The van der Waals surface area contributed by atoms with E-state index in [0.29, 0.717) is 5.92 Å². The minimum absolute atomic E-state index is 0.528. The van der Waals surface area contributed by atoms with Gasteiger partial charge < -0.3 is 5.32 Å². The van der Waals surface area contributed by atoms with Crippen LogP contribution in [0.3, 0.4) is 0 Å². The molecule has 4 heteroatoms. The molecule has 0 saturated heterocycles. The van der Waals surface area contributed by atoms with E-state index in [4.69, 9.17) is 0 Å². The van der Waals surface area contributed by atoms with Gasteiger partial charge in [-0.3, -0.25) is 4.68 Å². The second-order valence-corrected chi connectivity index (χ2v) is 5.34. The summed E-state index contributed by atoms with van der Waals surface area (Å²) in [6, 6.07) is 10.8. The maximum Gasteiger partial charge on any atom is 0.138 e. The van der Waals surface area contributed by atoms with E-state index in [1.807, 2.05) is 4.68 Å². The normalized spacial score (nSPS) is 12.5. The van der Waals surface area contributed by atoms with Crippen molar-refractivity contribution >= 4 is 0 Å². The number of nitrogens with one attached hydrogen (secondary N) is 1. The van der Waals surface area contributed by atoms with E-state index in [9.17, 15) is 0 Å². The molecule has 0 aliphatic carbocycles. The maximum absolute atomic E-state index is 4.38. The third-order valence-electron chi connectivity index (χ3n) is 3.80. The number of aromatic nitrogens is 3. The first-order valence-corrected chi connectivity index (χ1v) is 7.97. The van der Waals surface area contributed by atoms with Crippen molar-refractivity contribution in [3.8, 4) is 0 Å². The van der Waals surface area contributed by atoms with Crippen LogP contribution in [-0.4, -0.2) is 27.9 Å². The molecular formula is C17H26N4. The fourth-order valence-corrected chi connectivity index (χ4v) is 2.61. The number of hydrogen-bond donors (Lipinski definition) is 1. The summed E-state index contributed by atoms with van der Waals surface area (Å²) in [5.41, 5.74) is 1.41. The standard InChI is InChI=1S/C17H26N4/c1-3-12-18-13-16(15-8-6-5-7-9-15)10-11-17-19-14-20-21(17)4-2/h5-9,14,16,18H,3-4,10-13H2,1-2H3. The first-order valence-electron chi connectivity index (χ1n) is 7.97. The molecule has 21 heavy (non-hydrogen) atoms. The first-order chi connectivity index (χ1) is 10.3. The third kappa shape index (κ3) is 4.67. The molecule has 0 aliphatic rings. The van der Waals surface area contributed by atoms with Gasteiger partial charge in [-0.15, -0.1) is 0 Å². The molecule has 1 aromatic carbocycles. The highest BCUT2D eigenvalue weighted by Gasteiger charge is 2.13. The van der Waals surface area contributed by atoms with Gasteiger partial charge in [0.1, 0.15) is 12.2 Å². The molecule has 1 N–H and O–H groups in total. The van der Waals surface area contributed by atoms with Crippen molar-refractivity contribution in [3.05, 3.63) is 48.0 Å². The Balaban J connectivity index is 1.98. The Morgan fingerprint density at radius 3 is 2.71 bits per heavy atom. The molecule has 0 amide bonds. The summed E-state index contributed by atoms with van der Waals surface area (Å²) in [5, 5.41) is 7.80. The van der Waals surface area contributed by atoms with Crippen LogP contribution >= 0.6 is 0 Å². The van der Waals surface area contributed by atoms with Gasteiger partial charge in [0, 0.05) is 19.5 Å². The van der Waals surface area contributed by atoms with Crippen molar-refractivity contribution < 1.29 is 0 Å². The van der Waals surface area contributed by atoms with Gasteiger partial charge in [-0.05, 0) is 37.8 Å². The maximum atomic E-state index is 4.38. The molecule has 0 saturated carbocycles. The predicted octanol–water partition coefficient (Wildman–Crippen LogP) is 3.01. The van der Waals surface area contributed by atoms with E-state index >= 15 is 0 Å². The van der Waals surface area contributed by atoms with Crippen LogP contribution in [-0.2, 0) is 13.0 Å². The molecule has 0 spiro atoms. The Kier molecular flexibility index (Phi) is 6.41. The summed E-state index contributed by atoms with van der Waals surface area (Å²) in [7, 11) is 0. The lowest BCUT2D eigenvalue weighted by molar-refractivity contribution is 0.526. The summed E-state index contributed by atoms with van der Waals surface area (Å²) < 4.78 is 1.99. The fourth-order valence-electron chi connectivity index (χ4n) is 2.61.